The van der Waals surface area contributed by atoms with Gasteiger partial charge in [-0.25, -0.2) is 0 Å². The molecule has 3 nitrogen and oxygen atoms in total. The molecule has 2 aromatic carbocycles. The average Bonchev–Trinajstić information content (AvgIpc) is 2.43. The number of carbonyl (C=O) groups excluding carboxylic acids is 1. The van der Waals surface area contributed by atoms with Crippen LogP contribution in [0.2, 0.25) is 15.1 Å². The molecule has 0 saturated heterocycles. The molecular weight excluding hydrogens is 331 g/mol. The van der Waals surface area contributed by atoms with Crippen molar-refractivity contribution >= 4 is 52.1 Å². The van der Waals surface area contributed by atoms with Crippen molar-refractivity contribution in [3.8, 4) is 0 Å². The van der Waals surface area contributed by atoms with E-state index < -0.39 is 0 Å². The SMILES string of the molecule is CC(C(=O)Nc1cc(Cl)c(Cl)cc1Cl)c1cccc(N)c1. The number of carbonyl (C=O) groups is 1. The second kappa shape index (κ2) is 6.56. The van der Waals surface area contributed by atoms with Crippen molar-refractivity contribution in [1.29, 1.82) is 0 Å². The van der Waals surface area contributed by atoms with Crippen molar-refractivity contribution in [1.82, 2.24) is 0 Å². The lowest BCUT2D eigenvalue weighted by atomic mass is 10.00. The summed E-state index contributed by atoms with van der Waals surface area (Å²) in [5.74, 6) is -0.583. The summed E-state index contributed by atoms with van der Waals surface area (Å²) in [6, 6.07) is 10.2. The zero-order chi connectivity index (χ0) is 15.6. The molecule has 6 heteroatoms. The fourth-order valence-electron chi connectivity index (χ4n) is 1.84. The molecule has 2 rings (SSSR count). The van der Waals surface area contributed by atoms with E-state index in [9.17, 15) is 4.79 Å². The highest BCUT2D eigenvalue weighted by molar-refractivity contribution is 6.44. The molecule has 2 aromatic rings. The predicted molar refractivity (Wildman–Crippen MR) is 89.4 cm³/mol. The van der Waals surface area contributed by atoms with Crippen LogP contribution in [0, 0.1) is 0 Å². The van der Waals surface area contributed by atoms with Crippen LogP contribution < -0.4 is 11.1 Å². The van der Waals surface area contributed by atoms with Crippen molar-refractivity contribution < 1.29 is 4.79 Å². The summed E-state index contributed by atoms with van der Waals surface area (Å²) >= 11 is 17.8. The van der Waals surface area contributed by atoms with Gasteiger partial charge >= 0.3 is 0 Å². The Hall–Kier alpha value is -1.42. The van der Waals surface area contributed by atoms with E-state index in [0.29, 0.717) is 26.4 Å². The minimum Gasteiger partial charge on any atom is -0.399 e. The molecule has 1 unspecified atom stereocenters. The molecule has 3 N–H and O–H groups in total. The Morgan fingerprint density at radius 3 is 2.43 bits per heavy atom. The largest absolute Gasteiger partial charge is 0.399 e. The maximum atomic E-state index is 12.3. The number of hydrogen-bond donors (Lipinski definition) is 2. The van der Waals surface area contributed by atoms with Gasteiger partial charge in [-0.2, -0.15) is 0 Å². The molecule has 0 aliphatic rings. The van der Waals surface area contributed by atoms with Crippen LogP contribution in [0.4, 0.5) is 11.4 Å². The lowest BCUT2D eigenvalue weighted by Gasteiger charge is -2.14. The number of nitrogen functional groups attached to an aromatic ring is 1. The Morgan fingerprint density at radius 1 is 1.10 bits per heavy atom. The fraction of sp³-hybridized carbons (Fsp3) is 0.133. The van der Waals surface area contributed by atoms with E-state index in [1.165, 1.54) is 12.1 Å². The van der Waals surface area contributed by atoms with E-state index >= 15 is 0 Å². The highest BCUT2D eigenvalue weighted by atomic mass is 35.5. The van der Waals surface area contributed by atoms with Gasteiger partial charge in [-0.1, -0.05) is 46.9 Å². The van der Waals surface area contributed by atoms with Gasteiger partial charge in [-0.3, -0.25) is 4.79 Å². The van der Waals surface area contributed by atoms with Gasteiger partial charge < -0.3 is 11.1 Å². The molecule has 0 fully saturated rings. The summed E-state index contributed by atoms with van der Waals surface area (Å²) in [4.78, 5) is 12.3. The molecular formula is C15H13Cl3N2O. The third-order valence-corrected chi connectivity index (χ3v) is 4.11. The van der Waals surface area contributed by atoms with Crippen LogP contribution in [0.1, 0.15) is 18.4 Å². The zero-order valence-corrected chi connectivity index (χ0v) is 13.4. The van der Waals surface area contributed by atoms with Gasteiger partial charge in [0.05, 0.1) is 26.7 Å². The first-order chi connectivity index (χ1) is 9.88. The minimum absolute atomic E-state index is 0.208. The number of amides is 1. The lowest BCUT2D eigenvalue weighted by Crippen LogP contribution is -2.19. The number of nitrogens with one attached hydrogen (secondary N) is 1. The number of benzene rings is 2. The number of hydrogen-bond acceptors (Lipinski definition) is 2. The van der Waals surface area contributed by atoms with Crippen molar-refractivity contribution in [2.24, 2.45) is 0 Å². The maximum absolute atomic E-state index is 12.3. The summed E-state index contributed by atoms with van der Waals surface area (Å²) in [5, 5.41) is 3.74. The van der Waals surface area contributed by atoms with Crippen LogP contribution in [0.25, 0.3) is 0 Å². The van der Waals surface area contributed by atoms with Crippen LogP contribution >= 0.6 is 34.8 Å². The molecule has 0 radical (unpaired) electrons. The van der Waals surface area contributed by atoms with Crippen molar-refractivity contribution in [3.05, 3.63) is 57.0 Å². The standard InChI is InChI=1S/C15H13Cl3N2O/c1-8(9-3-2-4-10(19)5-9)15(21)20-14-7-12(17)11(16)6-13(14)18/h2-8H,19H2,1H3,(H,20,21). The van der Waals surface area contributed by atoms with Crippen LogP contribution in [-0.2, 0) is 4.79 Å². The quantitative estimate of drug-likeness (QED) is 0.610. The number of anilines is 2. The average molecular weight is 344 g/mol. The Balaban J connectivity index is 2.20. The molecule has 0 aliphatic heterocycles. The van der Waals surface area contributed by atoms with E-state index in [-0.39, 0.29) is 11.8 Å². The molecule has 0 aromatic heterocycles. The van der Waals surface area contributed by atoms with E-state index in [4.69, 9.17) is 40.5 Å². The topological polar surface area (TPSA) is 55.1 Å². The lowest BCUT2D eigenvalue weighted by molar-refractivity contribution is -0.117. The van der Waals surface area contributed by atoms with Crippen molar-refractivity contribution in [3.63, 3.8) is 0 Å². The van der Waals surface area contributed by atoms with E-state index in [2.05, 4.69) is 5.32 Å². The molecule has 0 aliphatic carbocycles. The van der Waals surface area contributed by atoms with Crippen LogP contribution in [0.15, 0.2) is 36.4 Å². The van der Waals surface area contributed by atoms with Gasteiger partial charge in [-0.15, -0.1) is 0 Å². The van der Waals surface area contributed by atoms with E-state index in [1.807, 2.05) is 6.07 Å². The van der Waals surface area contributed by atoms with E-state index in [0.717, 1.165) is 5.56 Å². The molecule has 0 bridgehead atoms. The summed E-state index contributed by atoms with van der Waals surface area (Å²) in [7, 11) is 0. The molecule has 0 heterocycles. The zero-order valence-electron chi connectivity index (χ0n) is 11.2. The van der Waals surface area contributed by atoms with Gasteiger partial charge in [0.2, 0.25) is 5.91 Å². The Labute approximate surface area is 138 Å². The molecule has 1 atom stereocenters. The summed E-state index contributed by atoms with van der Waals surface area (Å²) in [5.41, 5.74) is 7.58. The van der Waals surface area contributed by atoms with Crippen LogP contribution in [0.3, 0.4) is 0 Å². The first-order valence-electron chi connectivity index (χ1n) is 6.19. The Kier molecular flexibility index (Phi) is 4.99. The van der Waals surface area contributed by atoms with Crippen LogP contribution in [-0.4, -0.2) is 5.91 Å². The van der Waals surface area contributed by atoms with Gasteiger partial charge in [0.1, 0.15) is 0 Å². The first-order valence-corrected chi connectivity index (χ1v) is 7.32. The number of rotatable bonds is 3. The minimum atomic E-state index is -0.376. The van der Waals surface area contributed by atoms with Gasteiger partial charge in [0.25, 0.3) is 0 Å². The third-order valence-electron chi connectivity index (χ3n) is 3.07. The highest BCUT2D eigenvalue weighted by Gasteiger charge is 2.17. The molecule has 21 heavy (non-hydrogen) atoms. The Bertz CT molecular complexity index is 689. The highest BCUT2D eigenvalue weighted by Crippen LogP contribution is 2.33. The summed E-state index contributed by atoms with van der Waals surface area (Å²) in [6.07, 6.45) is 0. The monoisotopic (exact) mass is 342 g/mol. The molecule has 0 saturated carbocycles. The number of halogens is 3. The van der Waals surface area contributed by atoms with Crippen molar-refractivity contribution in [2.75, 3.05) is 11.1 Å². The van der Waals surface area contributed by atoms with Gasteiger partial charge in [0.15, 0.2) is 0 Å². The second-order valence-electron chi connectivity index (χ2n) is 4.63. The second-order valence-corrected chi connectivity index (χ2v) is 5.85. The maximum Gasteiger partial charge on any atom is 0.231 e. The predicted octanol–water partition coefficient (Wildman–Crippen LogP) is 4.97. The molecule has 110 valence electrons. The third kappa shape index (κ3) is 3.82. The Morgan fingerprint density at radius 2 is 1.76 bits per heavy atom. The summed E-state index contributed by atoms with van der Waals surface area (Å²) < 4.78 is 0. The number of nitrogens with two attached hydrogens (primary N) is 1. The van der Waals surface area contributed by atoms with Crippen molar-refractivity contribution in [2.45, 2.75) is 12.8 Å². The fourth-order valence-corrected chi connectivity index (χ4v) is 2.43. The van der Waals surface area contributed by atoms with E-state index in [1.54, 1.807) is 25.1 Å². The van der Waals surface area contributed by atoms with Gasteiger partial charge in [-0.05, 0) is 36.8 Å². The molecule has 0 spiro atoms. The smallest absolute Gasteiger partial charge is 0.231 e. The van der Waals surface area contributed by atoms with Crippen LogP contribution in [0.5, 0.6) is 0 Å². The molecule has 1 amide bonds. The van der Waals surface area contributed by atoms with Gasteiger partial charge in [0, 0.05) is 5.69 Å². The normalized spacial score (nSPS) is 12.0. The first kappa shape index (κ1) is 16.0. The summed E-state index contributed by atoms with van der Waals surface area (Å²) in [6.45, 7) is 1.79.